The molecule has 2 aromatic carbocycles. The van der Waals surface area contributed by atoms with Crippen molar-refractivity contribution in [3.63, 3.8) is 0 Å². The predicted molar refractivity (Wildman–Crippen MR) is 104 cm³/mol. The highest BCUT2D eigenvalue weighted by atomic mass is 32.1. The van der Waals surface area contributed by atoms with Crippen LogP contribution in [0, 0.1) is 0 Å². The lowest BCUT2D eigenvalue weighted by Gasteiger charge is -2.29. The minimum absolute atomic E-state index is 0.0456. The zero-order valence-electron chi connectivity index (χ0n) is 14.1. The Morgan fingerprint density at radius 3 is 2.58 bits per heavy atom. The van der Waals surface area contributed by atoms with Gasteiger partial charge in [-0.05, 0) is 53.3 Å². The van der Waals surface area contributed by atoms with Gasteiger partial charge in [-0.3, -0.25) is 9.59 Å². The first-order valence-electron chi connectivity index (χ1n) is 8.52. The molecule has 0 bridgehead atoms. The molecule has 0 radical (unpaired) electrons. The van der Waals surface area contributed by atoms with Crippen molar-refractivity contribution in [3.05, 3.63) is 87.6 Å². The number of hydrogen-bond acceptors (Lipinski definition) is 3. The summed E-state index contributed by atoms with van der Waals surface area (Å²) in [6.45, 7) is 1.27. The monoisotopic (exact) mass is 362 g/mol. The molecule has 5 heteroatoms. The van der Waals surface area contributed by atoms with Crippen LogP contribution in [-0.2, 0) is 13.0 Å². The summed E-state index contributed by atoms with van der Waals surface area (Å²) in [7, 11) is 0. The Hall–Kier alpha value is -2.92. The van der Waals surface area contributed by atoms with Crippen molar-refractivity contribution >= 4 is 28.8 Å². The number of rotatable bonds is 3. The topological polar surface area (TPSA) is 49.4 Å². The quantitative estimate of drug-likeness (QED) is 0.759. The van der Waals surface area contributed by atoms with E-state index in [1.165, 1.54) is 16.9 Å². The highest BCUT2D eigenvalue weighted by Crippen LogP contribution is 2.24. The smallest absolute Gasteiger partial charge is 0.265 e. The van der Waals surface area contributed by atoms with Crippen LogP contribution in [0.3, 0.4) is 0 Å². The molecule has 4 rings (SSSR count). The first kappa shape index (κ1) is 16.5. The fourth-order valence-electron chi connectivity index (χ4n) is 3.17. The van der Waals surface area contributed by atoms with E-state index in [4.69, 9.17) is 0 Å². The molecule has 0 fully saturated rings. The summed E-state index contributed by atoms with van der Waals surface area (Å²) in [4.78, 5) is 27.5. The lowest BCUT2D eigenvalue weighted by molar-refractivity contribution is 0.0734. The zero-order valence-corrected chi connectivity index (χ0v) is 15.0. The molecule has 0 atom stereocenters. The molecule has 0 saturated heterocycles. The Bertz CT molecular complexity index is 936. The van der Waals surface area contributed by atoms with Gasteiger partial charge in [0.2, 0.25) is 0 Å². The second-order valence-corrected chi connectivity index (χ2v) is 7.21. The predicted octanol–water partition coefficient (Wildman–Crippen LogP) is 4.20. The number of anilines is 1. The summed E-state index contributed by atoms with van der Waals surface area (Å²) >= 11 is 1.42. The van der Waals surface area contributed by atoms with Crippen molar-refractivity contribution < 1.29 is 9.59 Å². The molecule has 0 unspecified atom stereocenters. The first-order chi connectivity index (χ1) is 12.7. The van der Waals surface area contributed by atoms with Crippen molar-refractivity contribution in [2.75, 3.05) is 11.9 Å². The van der Waals surface area contributed by atoms with E-state index in [0.717, 1.165) is 17.7 Å². The summed E-state index contributed by atoms with van der Waals surface area (Å²) in [5.41, 5.74) is 3.79. The number of carbonyl (C=O) groups is 2. The number of benzene rings is 2. The van der Waals surface area contributed by atoms with Crippen molar-refractivity contribution in [3.8, 4) is 0 Å². The van der Waals surface area contributed by atoms with Gasteiger partial charge in [0.1, 0.15) is 0 Å². The van der Waals surface area contributed by atoms with Gasteiger partial charge >= 0.3 is 0 Å². The molecule has 0 saturated carbocycles. The fourth-order valence-corrected chi connectivity index (χ4v) is 3.79. The molecule has 2 heterocycles. The Labute approximate surface area is 156 Å². The number of nitrogens with one attached hydrogen (secondary N) is 1. The molecule has 1 aromatic heterocycles. The Balaban J connectivity index is 1.51. The van der Waals surface area contributed by atoms with Crippen LogP contribution in [0.25, 0.3) is 0 Å². The van der Waals surface area contributed by atoms with E-state index in [0.29, 0.717) is 23.5 Å². The summed E-state index contributed by atoms with van der Waals surface area (Å²) in [5.74, 6) is -0.0581. The van der Waals surface area contributed by atoms with Gasteiger partial charge in [0.25, 0.3) is 11.8 Å². The van der Waals surface area contributed by atoms with Crippen LogP contribution in [0.2, 0.25) is 0 Å². The zero-order chi connectivity index (χ0) is 17.9. The average molecular weight is 362 g/mol. The Morgan fingerprint density at radius 2 is 1.81 bits per heavy atom. The van der Waals surface area contributed by atoms with Crippen molar-refractivity contribution in [2.45, 2.75) is 13.0 Å². The van der Waals surface area contributed by atoms with E-state index in [1.54, 1.807) is 6.07 Å². The fraction of sp³-hybridized carbons (Fsp3) is 0.143. The summed E-state index contributed by atoms with van der Waals surface area (Å²) in [6.07, 6.45) is 0.826. The summed E-state index contributed by atoms with van der Waals surface area (Å²) in [5, 5.41) is 4.82. The van der Waals surface area contributed by atoms with Crippen molar-refractivity contribution in [2.24, 2.45) is 0 Å². The van der Waals surface area contributed by atoms with Crippen LogP contribution in [0.1, 0.15) is 31.2 Å². The molecule has 4 nitrogen and oxygen atoms in total. The van der Waals surface area contributed by atoms with E-state index >= 15 is 0 Å². The number of hydrogen-bond donors (Lipinski definition) is 1. The molecule has 1 N–H and O–H groups in total. The molecule has 26 heavy (non-hydrogen) atoms. The molecule has 1 aliphatic heterocycles. The maximum Gasteiger partial charge on any atom is 0.265 e. The molecule has 2 amide bonds. The van der Waals surface area contributed by atoms with Crippen LogP contribution >= 0.6 is 11.3 Å². The number of carbonyl (C=O) groups excluding carboxylic acids is 2. The van der Waals surface area contributed by atoms with E-state index < -0.39 is 0 Å². The second-order valence-electron chi connectivity index (χ2n) is 6.26. The van der Waals surface area contributed by atoms with Gasteiger partial charge in [0.05, 0.1) is 4.88 Å². The highest BCUT2D eigenvalue weighted by Gasteiger charge is 2.22. The number of nitrogens with zero attached hydrogens (tertiary/aromatic N) is 1. The third kappa shape index (κ3) is 3.39. The minimum Gasteiger partial charge on any atom is -0.334 e. The normalized spacial score (nSPS) is 13.2. The molecular weight excluding hydrogens is 344 g/mol. The van der Waals surface area contributed by atoms with Crippen LogP contribution in [-0.4, -0.2) is 23.3 Å². The van der Waals surface area contributed by atoms with Crippen molar-refractivity contribution in [1.29, 1.82) is 0 Å². The van der Waals surface area contributed by atoms with Gasteiger partial charge in [-0.15, -0.1) is 11.3 Å². The maximum atomic E-state index is 12.7. The summed E-state index contributed by atoms with van der Waals surface area (Å²) < 4.78 is 0. The summed E-state index contributed by atoms with van der Waals surface area (Å²) in [6, 6.07) is 19.0. The number of amides is 2. The van der Waals surface area contributed by atoms with Gasteiger partial charge in [0, 0.05) is 24.3 Å². The minimum atomic E-state index is -0.104. The highest BCUT2D eigenvalue weighted by molar-refractivity contribution is 7.12. The lowest BCUT2D eigenvalue weighted by atomic mass is 9.98. The largest absolute Gasteiger partial charge is 0.334 e. The average Bonchev–Trinajstić information content (AvgIpc) is 3.22. The van der Waals surface area contributed by atoms with Gasteiger partial charge in [0.15, 0.2) is 0 Å². The number of fused-ring (bicyclic) bond motifs is 1. The SMILES string of the molecule is O=C(Nc1ccc2c(c1)CN(C(=O)c1ccccc1)CC2)c1cccs1. The van der Waals surface area contributed by atoms with Crippen LogP contribution in [0.15, 0.2) is 66.0 Å². The number of thiophene rings is 1. The molecule has 0 aliphatic carbocycles. The van der Waals surface area contributed by atoms with E-state index in [2.05, 4.69) is 5.32 Å². The lowest BCUT2D eigenvalue weighted by Crippen LogP contribution is -2.36. The van der Waals surface area contributed by atoms with E-state index in [1.807, 2.05) is 64.9 Å². The molecule has 3 aromatic rings. The third-order valence-corrected chi connectivity index (χ3v) is 5.40. The van der Waals surface area contributed by atoms with Crippen LogP contribution in [0.5, 0.6) is 0 Å². The molecule has 130 valence electrons. The molecule has 1 aliphatic rings. The van der Waals surface area contributed by atoms with Crippen LogP contribution < -0.4 is 5.32 Å². The van der Waals surface area contributed by atoms with Gasteiger partial charge < -0.3 is 10.2 Å². The Morgan fingerprint density at radius 1 is 0.962 bits per heavy atom. The Kier molecular flexibility index (Phi) is 4.54. The first-order valence-corrected chi connectivity index (χ1v) is 9.39. The maximum absolute atomic E-state index is 12.7. The van der Waals surface area contributed by atoms with Crippen LogP contribution in [0.4, 0.5) is 5.69 Å². The molecule has 0 spiro atoms. The second kappa shape index (κ2) is 7.14. The van der Waals surface area contributed by atoms with Gasteiger partial charge in [-0.25, -0.2) is 0 Å². The van der Waals surface area contributed by atoms with Gasteiger partial charge in [-0.2, -0.15) is 0 Å². The van der Waals surface area contributed by atoms with E-state index in [9.17, 15) is 9.59 Å². The van der Waals surface area contributed by atoms with Gasteiger partial charge in [-0.1, -0.05) is 30.3 Å². The standard InChI is InChI=1S/C21H18N2O2S/c24-20(19-7-4-12-26-19)22-18-9-8-15-10-11-23(14-17(15)13-18)21(25)16-5-2-1-3-6-16/h1-9,12-13H,10-11,14H2,(H,22,24). The third-order valence-electron chi connectivity index (χ3n) is 4.53. The van der Waals surface area contributed by atoms with Crippen molar-refractivity contribution in [1.82, 2.24) is 4.90 Å². The molecular formula is C21H18N2O2S. The van der Waals surface area contributed by atoms with E-state index in [-0.39, 0.29) is 11.8 Å².